The molecule has 1 aliphatic rings. The van der Waals surface area contributed by atoms with Gasteiger partial charge in [-0.05, 0) is 48.4 Å². The average Bonchev–Trinajstić information content (AvgIpc) is 2.98. The van der Waals surface area contributed by atoms with Crippen molar-refractivity contribution in [2.45, 2.75) is 26.3 Å². The number of carbonyl (C=O) groups is 2. The third kappa shape index (κ3) is 5.63. The molecule has 0 atom stereocenters. The molecule has 2 aromatic rings. The van der Waals surface area contributed by atoms with E-state index >= 15 is 0 Å². The number of aromatic nitrogens is 1. The van der Waals surface area contributed by atoms with Gasteiger partial charge in [0.2, 0.25) is 0 Å². The highest BCUT2D eigenvalue weighted by atomic mass is 16.5. The van der Waals surface area contributed by atoms with E-state index in [1.165, 1.54) is 5.56 Å². The minimum Gasteiger partial charge on any atom is -0.484 e. The molecule has 0 aliphatic carbocycles. The summed E-state index contributed by atoms with van der Waals surface area (Å²) in [6.45, 7) is 6.01. The Morgan fingerprint density at radius 3 is 2.46 bits per heavy atom. The zero-order valence-electron chi connectivity index (χ0n) is 16.3. The molecule has 0 N–H and O–H groups in total. The quantitative estimate of drug-likeness (QED) is 0.690. The third-order valence-corrected chi connectivity index (χ3v) is 4.96. The first-order valence-electron chi connectivity index (χ1n) is 9.81. The largest absolute Gasteiger partial charge is 0.484 e. The molecule has 0 spiro atoms. The van der Waals surface area contributed by atoms with Gasteiger partial charge in [-0.1, -0.05) is 6.92 Å². The van der Waals surface area contributed by atoms with Crippen LogP contribution in [0.2, 0.25) is 0 Å². The minimum absolute atomic E-state index is 0.000489. The van der Waals surface area contributed by atoms with E-state index in [-0.39, 0.29) is 18.3 Å². The van der Waals surface area contributed by atoms with Crippen LogP contribution >= 0.6 is 0 Å². The van der Waals surface area contributed by atoms with Crippen LogP contribution in [0, 0.1) is 0 Å². The van der Waals surface area contributed by atoms with Crippen molar-refractivity contribution in [2.75, 3.05) is 32.8 Å². The predicted octanol–water partition coefficient (Wildman–Crippen LogP) is 2.79. The van der Waals surface area contributed by atoms with E-state index in [2.05, 4.69) is 9.88 Å². The van der Waals surface area contributed by atoms with E-state index in [4.69, 9.17) is 4.74 Å². The fraction of sp³-hybridized carbons (Fsp3) is 0.409. The number of amides is 1. The topological polar surface area (TPSA) is 62.7 Å². The number of nitrogens with zero attached hydrogens (tertiary/aromatic N) is 3. The summed E-state index contributed by atoms with van der Waals surface area (Å²) >= 11 is 0. The minimum atomic E-state index is -0.000489. The van der Waals surface area contributed by atoms with Crippen LogP contribution in [-0.4, -0.2) is 59.3 Å². The highest BCUT2D eigenvalue weighted by molar-refractivity contribution is 5.95. The molecule has 2 heterocycles. The molecule has 3 rings (SSSR count). The molecule has 0 radical (unpaired) electrons. The molecule has 1 aliphatic heterocycles. The number of ketones is 1. The molecule has 1 amide bonds. The van der Waals surface area contributed by atoms with Gasteiger partial charge >= 0.3 is 0 Å². The number of Topliss-reactive ketones (excluding diaryl/α,β-unsaturated/α-hetero) is 1. The summed E-state index contributed by atoms with van der Waals surface area (Å²) in [5.74, 6) is 0.707. The number of pyridine rings is 1. The maximum atomic E-state index is 12.5. The summed E-state index contributed by atoms with van der Waals surface area (Å²) in [6, 6.07) is 11.0. The highest BCUT2D eigenvalue weighted by Gasteiger charge is 2.19. The van der Waals surface area contributed by atoms with Crippen molar-refractivity contribution < 1.29 is 14.3 Å². The fourth-order valence-corrected chi connectivity index (χ4v) is 3.30. The second kappa shape index (κ2) is 9.99. The molecule has 28 heavy (non-hydrogen) atoms. The first-order valence-corrected chi connectivity index (χ1v) is 9.81. The van der Waals surface area contributed by atoms with E-state index < -0.39 is 0 Å². The standard InChI is InChI=1S/C22H27N3O3/c1-2-21(26)19-4-6-20(7-5-19)28-17-22(27)25-13-3-12-24(14-15-25)16-18-8-10-23-11-9-18/h4-11H,2-3,12-17H2,1H3. The lowest BCUT2D eigenvalue weighted by Gasteiger charge is -2.22. The SMILES string of the molecule is CCC(=O)c1ccc(OCC(=O)N2CCCN(Cc3ccncc3)CC2)cc1. The van der Waals surface area contributed by atoms with Gasteiger partial charge in [0.15, 0.2) is 12.4 Å². The fourth-order valence-electron chi connectivity index (χ4n) is 3.30. The highest BCUT2D eigenvalue weighted by Crippen LogP contribution is 2.14. The van der Waals surface area contributed by atoms with Gasteiger partial charge in [0.1, 0.15) is 5.75 Å². The molecule has 1 saturated heterocycles. The Morgan fingerprint density at radius 2 is 1.75 bits per heavy atom. The van der Waals surface area contributed by atoms with E-state index in [0.29, 0.717) is 24.3 Å². The molecule has 0 bridgehead atoms. The van der Waals surface area contributed by atoms with Crippen LogP contribution in [0.5, 0.6) is 5.75 Å². The summed E-state index contributed by atoms with van der Waals surface area (Å²) in [6.07, 6.45) is 5.05. The van der Waals surface area contributed by atoms with E-state index in [0.717, 1.165) is 32.6 Å². The third-order valence-electron chi connectivity index (χ3n) is 4.96. The average molecular weight is 381 g/mol. The van der Waals surface area contributed by atoms with Crippen molar-refractivity contribution in [1.82, 2.24) is 14.8 Å². The van der Waals surface area contributed by atoms with Gasteiger partial charge in [0.05, 0.1) is 0 Å². The molecule has 0 unspecified atom stereocenters. The lowest BCUT2D eigenvalue weighted by atomic mass is 10.1. The zero-order valence-corrected chi connectivity index (χ0v) is 16.3. The number of hydrogen-bond acceptors (Lipinski definition) is 5. The molecule has 6 heteroatoms. The number of rotatable bonds is 7. The number of carbonyl (C=O) groups excluding carboxylic acids is 2. The van der Waals surface area contributed by atoms with Crippen LogP contribution < -0.4 is 4.74 Å². The summed E-state index contributed by atoms with van der Waals surface area (Å²) in [5.41, 5.74) is 1.91. The number of benzene rings is 1. The molecular formula is C22H27N3O3. The molecule has 1 aromatic carbocycles. The lowest BCUT2D eigenvalue weighted by molar-refractivity contribution is -0.133. The molecule has 148 valence electrons. The van der Waals surface area contributed by atoms with Crippen LogP contribution in [0.3, 0.4) is 0 Å². The molecular weight excluding hydrogens is 354 g/mol. The summed E-state index contributed by atoms with van der Waals surface area (Å²) in [5, 5.41) is 0. The second-order valence-corrected chi connectivity index (χ2v) is 6.96. The Morgan fingerprint density at radius 1 is 1.00 bits per heavy atom. The van der Waals surface area contributed by atoms with Crippen LogP contribution in [0.4, 0.5) is 0 Å². The van der Waals surface area contributed by atoms with E-state index in [1.54, 1.807) is 24.3 Å². The summed E-state index contributed by atoms with van der Waals surface area (Å²) in [4.78, 5) is 32.5. The molecule has 1 aromatic heterocycles. The zero-order chi connectivity index (χ0) is 19.8. The lowest BCUT2D eigenvalue weighted by Crippen LogP contribution is -2.38. The number of ether oxygens (including phenoxy) is 1. The first-order chi connectivity index (χ1) is 13.7. The van der Waals surface area contributed by atoms with Gasteiger partial charge in [-0.2, -0.15) is 0 Å². The normalized spacial score (nSPS) is 15.1. The van der Waals surface area contributed by atoms with E-state index in [9.17, 15) is 9.59 Å². The van der Waals surface area contributed by atoms with Gasteiger partial charge < -0.3 is 9.64 Å². The Bertz CT molecular complexity index is 777. The molecule has 0 saturated carbocycles. The van der Waals surface area contributed by atoms with Crippen LogP contribution in [0.25, 0.3) is 0 Å². The Labute approximate surface area is 166 Å². The maximum Gasteiger partial charge on any atom is 0.260 e. The van der Waals surface area contributed by atoms with Crippen molar-refractivity contribution in [3.05, 3.63) is 59.9 Å². The van der Waals surface area contributed by atoms with Crippen molar-refractivity contribution in [3.63, 3.8) is 0 Å². The van der Waals surface area contributed by atoms with Gasteiger partial charge in [-0.15, -0.1) is 0 Å². The Kier molecular flexibility index (Phi) is 7.14. The van der Waals surface area contributed by atoms with Crippen molar-refractivity contribution in [3.8, 4) is 5.75 Å². The van der Waals surface area contributed by atoms with Crippen LogP contribution in [0.1, 0.15) is 35.7 Å². The van der Waals surface area contributed by atoms with Crippen LogP contribution in [-0.2, 0) is 11.3 Å². The maximum absolute atomic E-state index is 12.5. The summed E-state index contributed by atoms with van der Waals surface area (Å²) in [7, 11) is 0. The summed E-state index contributed by atoms with van der Waals surface area (Å²) < 4.78 is 5.63. The van der Waals surface area contributed by atoms with Gasteiger partial charge in [0.25, 0.3) is 5.91 Å². The Hall–Kier alpha value is -2.73. The van der Waals surface area contributed by atoms with Gasteiger partial charge in [0, 0.05) is 57.1 Å². The van der Waals surface area contributed by atoms with Crippen LogP contribution in [0.15, 0.2) is 48.8 Å². The Balaban J connectivity index is 1.46. The van der Waals surface area contributed by atoms with Gasteiger partial charge in [-0.25, -0.2) is 0 Å². The number of hydrogen-bond donors (Lipinski definition) is 0. The second-order valence-electron chi connectivity index (χ2n) is 6.96. The predicted molar refractivity (Wildman–Crippen MR) is 107 cm³/mol. The van der Waals surface area contributed by atoms with Crippen molar-refractivity contribution in [2.24, 2.45) is 0 Å². The monoisotopic (exact) mass is 381 g/mol. The van der Waals surface area contributed by atoms with E-state index in [1.807, 2.05) is 36.4 Å². The first kappa shape index (κ1) is 20.0. The smallest absolute Gasteiger partial charge is 0.260 e. The van der Waals surface area contributed by atoms with Crippen molar-refractivity contribution >= 4 is 11.7 Å². The molecule has 6 nitrogen and oxygen atoms in total. The van der Waals surface area contributed by atoms with Crippen molar-refractivity contribution in [1.29, 1.82) is 0 Å². The van der Waals surface area contributed by atoms with Gasteiger partial charge in [-0.3, -0.25) is 19.5 Å². The molecule has 1 fully saturated rings.